The van der Waals surface area contributed by atoms with E-state index in [1.54, 1.807) is 0 Å². The van der Waals surface area contributed by atoms with Gasteiger partial charge in [0, 0.05) is 12.6 Å². The lowest BCUT2D eigenvalue weighted by atomic mass is 10.3. The van der Waals surface area contributed by atoms with Gasteiger partial charge in [-0.3, -0.25) is 0 Å². The van der Waals surface area contributed by atoms with Crippen LogP contribution in [-0.2, 0) is 0 Å². The van der Waals surface area contributed by atoms with Crippen LogP contribution in [0.3, 0.4) is 0 Å². The highest BCUT2D eigenvalue weighted by molar-refractivity contribution is 5.72. The first-order chi connectivity index (χ1) is 7.75. The summed E-state index contributed by atoms with van der Waals surface area (Å²) in [6.45, 7) is 5.54. The summed E-state index contributed by atoms with van der Waals surface area (Å²) < 4.78 is 10.8. The molecule has 86 valence electrons. The summed E-state index contributed by atoms with van der Waals surface area (Å²) in [7, 11) is 0. The number of fused-ring (bicyclic) bond motifs is 1. The van der Waals surface area contributed by atoms with Gasteiger partial charge in [-0.1, -0.05) is 26.0 Å². The molecule has 1 heterocycles. The molecule has 2 rings (SSSR count). The van der Waals surface area contributed by atoms with E-state index in [-0.39, 0.29) is 0 Å². The highest BCUT2D eigenvalue weighted by Crippen LogP contribution is 2.19. The van der Waals surface area contributed by atoms with Gasteiger partial charge in [0.15, 0.2) is 5.58 Å². The molecule has 4 heteroatoms. The van der Waals surface area contributed by atoms with Crippen LogP contribution in [0.5, 0.6) is 6.08 Å². The fourth-order valence-electron chi connectivity index (χ4n) is 1.40. The number of nitrogens with zero attached hydrogens (tertiary/aromatic N) is 1. The van der Waals surface area contributed by atoms with Crippen LogP contribution in [0.25, 0.3) is 11.1 Å². The predicted molar refractivity (Wildman–Crippen MR) is 62.6 cm³/mol. The molecular formula is C12H16N2O2. The topological polar surface area (TPSA) is 47.3 Å². The fraction of sp³-hybridized carbons (Fsp3) is 0.417. The SMILES string of the molecule is CC(C)NCCOc1nc2ccccc2o1. The molecule has 0 radical (unpaired) electrons. The number of benzene rings is 1. The minimum absolute atomic E-state index is 0.340. The highest BCUT2D eigenvalue weighted by Gasteiger charge is 2.05. The number of aromatic nitrogens is 1. The second-order valence-corrected chi connectivity index (χ2v) is 3.90. The molecule has 0 aliphatic heterocycles. The zero-order valence-electron chi connectivity index (χ0n) is 9.56. The van der Waals surface area contributed by atoms with Crippen molar-refractivity contribution in [3.63, 3.8) is 0 Å². The van der Waals surface area contributed by atoms with Crippen LogP contribution in [0.15, 0.2) is 28.7 Å². The minimum atomic E-state index is 0.340. The second kappa shape index (κ2) is 4.99. The number of ether oxygens (including phenoxy) is 1. The standard InChI is InChI=1S/C12H16N2O2/c1-9(2)13-7-8-15-12-14-10-5-3-4-6-11(10)16-12/h3-6,9,13H,7-8H2,1-2H3. The summed E-state index contributed by atoms with van der Waals surface area (Å²) in [5, 5.41) is 3.26. The normalized spacial score (nSPS) is 11.2. The average Bonchev–Trinajstić information content (AvgIpc) is 2.66. The van der Waals surface area contributed by atoms with Gasteiger partial charge in [-0.25, -0.2) is 0 Å². The van der Waals surface area contributed by atoms with E-state index < -0.39 is 0 Å². The maximum Gasteiger partial charge on any atom is 0.394 e. The molecule has 16 heavy (non-hydrogen) atoms. The first-order valence-electron chi connectivity index (χ1n) is 5.47. The molecule has 1 aromatic carbocycles. The Balaban J connectivity index is 1.89. The van der Waals surface area contributed by atoms with Crippen molar-refractivity contribution in [2.45, 2.75) is 19.9 Å². The van der Waals surface area contributed by atoms with E-state index in [0.717, 1.165) is 17.6 Å². The molecule has 0 unspecified atom stereocenters. The Morgan fingerprint density at radius 2 is 2.19 bits per heavy atom. The van der Waals surface area contributed by atoms with Gasteiger partial charge < -0.3 is 14.5 Å². The van der Waals surface area contributed by atoms with E-state index in [2.05, 4.69) is 24.1 Å². The van der Waals surface area contributed by atoms with Crippen molar-refractivity contribution in [3.05, 3.63) is 24.3 Å². The Bertz CT molecular complexity index is 418. The average molecular weight is 220 g/mol. The lowest BCUT2D eigenvalue weighted by Crippen LogP contribution is -2.27. The Kier molecular flexibility index (Phi) is 3.41. The van der Waals surface area contributed by atoms with Gasteiger partial charge in [-0.2, -0.15) is 4.98 Å². The fourth-order valence-corrected chi connectivity index (χ4v) is 1.40. The molecule has 0 aliphatic carbocycles. The lowest BCUT2D eigenvalue weighted by molar-refractivity contribution is 0.234. The smallest absolute Gasteiger partial charge is 0.394 e. The van der Waals surface area contributed by atoms with Crippen LogP contribution in [0.4, 0.5) is 0 Å². The maximum absolute atomic E-state index is 5.41. The predicted octanol–water partition coefficient (Wildman–Crippen LogP) is 2.20. The minimum Gasteiger partial charge on any atom is -0.449 e. The molecule has 0 bridgehead atoms. The van der Waals surface area contributed by atoms with Crippen molar-refractivity contribution >= 4 is 11.1 Å². The van der Waals surface area contributed by atoms with E-state index in [0.29, 0.717) is 18.7 Å². The highest BCUT2D eigenvalue weighted by atomic mass is 16.6. The van der Waals surface area contributed by atoms with E-state index in [4.69, 9.17) is 9.15 Å². The zero-order valence-corrected chi connectivity index (χ0v) is 9.56. The maximum atomic E-state index is 5.41. The Morgan fingerprint density at radius 3 is 2.94 bits per heavy atom. The van der Waals surface area contributed by atoms with Crippen LogP contribution in [0, 0.1) is 0 Å². The first-order valence-corrected chi connectivity index (χ1v) is 5.47. The van der Waals surface area contributed by atoms with Gasteiger partial charge in [-0.15, -0.1) is 0 Å². The molecule has 0 atom stereocenters. The number of hydrogen-bond donors (Lipinski definition) is 1. The zero-order chi connectivity index (χ0) is 11.4. The Hall–Kier alpha value is -1.55. The van der Waals surface area contributed by atoms with Crippen molar-refractivity contribution in [3.8, 4) is 6.08 Å². The van der Waals surface area contributed by atoms with Crippen LogP contribution < -0.4 is 10.1 Å². The molecule has 2 aromatic rings. The first kappa shape index (κ1) is 11.0. The summed E-state index contributed by atoms with van der Waals surface area (Å²) in [6, 6.07) is 8.08. The molecule has 0 aliphatic rings. The van der Waals surface area contributed by atoms with Gasteiger partial charge in [0.05, 0.1) is 0 Å². The largest absolute Gasteiger partial charge is 0.449 e. The molecule has 0 saturated carbocycles. The molecular weight excluding hydrogens is 204 g/mol. The number of rotatable bonds is 5. The Labute approximate surface area is 94.6 Å². The van der Waals surface area contributed by atoms with Crippen LogP contribution in [-0.4, -0.2) is 24.2 Å². The van der Waals surface area contributed by atoms with E-state index >= 15 is 0 Å². The van der Waals surface area contributed by atoms with Crippen molar-refractivity contribution < 1.29 is 9.15 Å². The summed E-state index contributed by atoms with van der Waals surface area (Å²) >= 11 is 0. The third-order valence-electron chi connectivity index (χ3n) is 2.15. The van der Waals surface area contributed by atoms with E-state index in [1.807, 2.05) is 24.3 Å². The third kappa shape index (κ3) is 2.73. The molecule has 0 fully saturated rings. The van der Waals surface area contributed by atoms with Gasteiger partial charge in [0.1, 0.15) is 12.1 Å². The van der Waals surface area contributed by atoms with Crippen LogP contribution in [0.2, 0.25) is 0 Å². The second-order valence-electron chi connectivity index (χ2n) is 3.90. The number of oxazole rings is 1. The number of para-hydroxylation sites is 2. The number of nitrogens with one attached hydrogen (secondary N) is 1. The van der Waals surface area contributed by atoms with Crippen molar-refractivity contribution in [1.82, 2.24) is 10.3 Å². The van der Waals surface area contributed by atoms with Crippen molar-refractivity contribution in [2.24, 2.45) is 0 Å². The van der Waals surface area contributed by atoms with Gasteiger partial charge in [-0.05, 0) is 12.1 Å². The van der Waals surface area contributed by atoms with Crippen molar-refractivity contribution in [1.29, 1.82) is 0 Å². The van der Waals surface area contributed by atoms with Gasteiger partial charge in [0.25, 0.3) is 0 Å². The summed E-state index contributed by atoms with van der Waals surface area (Å²) in [5.41, 5.74) is 1.59. The number of hydrogen-bond acceptors (Lipinski definition) is 4. The van der Waals surface area contributed by atoms with Crippen LogP contribution >= 0.6 is 0 Å². The molecule has 0 spiro atoms. The van der Waals surface area contributed by atoms with Crippen LogP contribution in [0.1, 0.15) is 13.8 Å². The summed E-state index contributed by atoms with van der Waals surface area (Å²) in [5.74, 6) is 0. The van der Waals surface area contributed by atoms with Crippen molar-refractivity contribution in [2.75, 3.05) is 13.2 Å². The van der Waals surface area contributed by atoms with Gasteiger partial charge >= 0.3 is 6.08 Å². The third-order valence-corrected chi connectivity index (χ3v) is 2.15. The van der Waals surface area contributed by atoms with Gasteiger partial charge in [0.2, 0.25) is 0 Å². The molecule has 4 nitrogen and oxygen atoms in total. The summed E-state index contributed by atoms with van der Waals surface area (Å²) in [4.78, 5) is 4.21. The molecule has 1 aromatic heterocycles. The monoisotopic (exact) mass is 220 g/mol. The molecule has 0 amide bonds. The summed E-state index contributed by atoms with van der Waals surface area (Å²) in [6.07, 6.45) is 0.340. The van der Waals surface area contributed by atoms with E-state index in [9.17, 15) is 0 Å². The quantitative estimate of drug-likeness (QED) is 0.785. The molecule has 0 saturated heterocycles. The van der Waals surface area contributed by atoms with E-state index in [1.165, 1.54) is 0 Å². The molecule has 1 N–H and O–H groups in total. The Morgan fingerprint density at radius 1 is 1.38 bits per heavy atom. The lowest BCUT2D eigenvalue weighted by Gasteiger charge is -2.06.